The summed E-state index contributed by atoms with van der Waals surface area (Å²) < 4.78 is 4.91. The molecule has 1 rings (SSSR count). The molecule has 8 heteroatoms. The molecule has 1 heterocycles. The summed E-state index contributed by atoms with van der Waals surface area (Å²) in [7, 11) is 1.78. The number of rotatable bonds is 11. The molecular formula is C18H33IN4O2S. The van der Waals surface area contributed by atoms with Crippen LogP contribution in [-0.2, 0) is 16.0 Å². The monoisotopic (exact) mass is 496 g/mol. The molecule has 0 saturated carbocycles. The first-order valence-electron chi connectivity index (χ1n) is 9.09. The Morgan fingerprint density at radius 2 is 1.85 bits per heavy atom. The molecule has 0 amide bonds. The minimum absolute atomic E-state index is 0. The van der Waals surface area contributed by atoms with Gasteiger partial charge in [0, 0.05) is 37.9 Å². The number of hydrogen-bond donors (Lipinski definition) is 2. The number of esters is 1. The van der Waals surface area contributed by atoms with Crippen LogP contribution in [0, 0.1) is 13.8 Å². The van der Waals surface area contributed by atoms with E-state index >= 15 is 0 Å². The number of aryl methyl sites for hydroxylation is 2. The Labute approximate surface area is 178 Å². The normalized spacial score (nSPS) is 11.0. The Morgan fingerprint density at radius 1 is 1.15 bits per heavy atom. The molecule has 1 aromatic heterocycles. The Morgan fingerprint density at radius 3 is 2.46 bits per heavy atom. The topological polar surface area (TPSA) is 75.6 Å². The highest BCUT2D eigenvalue weighted by Gasteiger charge is 2.04. The van der Waals surface area contributed by atoms with Crippen LogP contribution in [0.2, 0.25) is 0 Å². The number of thiazole rings is 1. The van der Waals surface area contributed by atoms with Crippen molar-refractivity contribution in [1.29, 1.82) is 0 Å². The van der Waals surface area contributed by atoms with Crippen LogP contribution in [0.1, 0.15) is 54.6 Å². The van der Waals surface area contributed by atoms with E-state index in [0.717, 1.165) is 56.8 Å². The summed E-state index contributed by atoms with van der Waals surface area (Å²) >= 11 is 1.76. The quantitative estimate of drug-likeness (QED) is 0.161. The predicted octanol–water partition coefficient (Wildman–Crippen LogP) is 3.60. The summed E-state index contributed by atoms with van der Waals surface area (Å²) in [6.07, 6.45) is 5.55. The molecule has 26 heavy (non-hydrogen) atoms. The zero-order valence-electron chi connectivity index (χ0n) is 16.4. The molecule has 0 fully saturated rings. The summed E-state index contributed by atoms with van der Waals surface area (Å²) in [6, 6.07) is 0. The molecule has 6 nitrogen and oxygen atoms in total. The molecule has 1 aromatic rings. The first-order valence-corrected chi connectivity index (χ1v) is 9.91. The van der Waals surface area contributed by atoms with Gasteiger partial charge in [-0.2, -0.15) is 0 Å². The molecular weight excluding hydrogens is 463 g/mol. The van der Waals surface area contributed by atoms with Gasteiger partial charge in [-0.3, -0.25) is 9.79 Å². The predicted molar refractivity (Wildman–Crippen MR) is 120 cm³/mol. The molecule has 150 valence electrons. The molecule has 0 unspecified atom stereocenters. The first kappa shape index (κ1) is 25.1. The van der Waals surface area contributed by atoms with Crippen molar-refractivity contribution >= 4 is 47.2 Å². The van der Waals surface area contributed by atoms with E-state index in [1.165, 1.54) is 9.88 Å². The van der Waals surface area contributed by atoms with Crippen molar-refractivity contribution in [2.75, 3.05) is 26.7 Å². The van der Waals surface area contributed by atoms with E-state index in [2.05, 4.69) is 34.5 Å². The number of aromatic nitrogens is 1. The van der Waals surface area contributed by atoms with Gasteiger partial charge in [0.15, 0.2) is 5.96 Å². The number of hydrogen-bond acceptors (Lipinski definition) is 5. The van der Waals surface area contributed by atoms with Crippen molar-refractivity contribution in [3.63, 3.8) is 0 Å². The Bertz CT molecular complexity index is 530. The first-order chi connectivity index (χ1) is 12.1. The van der Waals surface area contributed by atoms with Gasteiger partial charge in [0.2, 0.25) is 0 Å². The maximum Gasteiger partial charge on any atom is 0.305 e. The standard InChI is InChI=1S/C18H32N4O2S.HI/c1-5-24-17(23)10-8-6-7-9-12-20-18(19-4)21-13-11-16-22-14(2)15(3)25-16;/h5-13H2,1-4H3,(H2,19,20,21);1H. The van der Waals surface area contributed by atoms with Crippen LogP contribution < -0.4 is 10.6 Å². The minimum Gasteiger partial charge on any atom is -0.466 e. The number of nitrogens with one attached hydrogen (secondary N) is 2. The Kier molecular flexibility index (Phi) is 14.7. The number of halogens is 1. The Balaban J connectivity index is 0.00000625. The van der Waals surface area contributed by atoms with Crippen LogP contribution in [0.25, 0.3) is 0 Å². The molecule has 0 radical (unpaired) electrons. The second-order valence-electron chi connectivity index (χ2n) is 5.89. The highest BCUT2D eigenvalue weighted by Crippen LogP contribution is 2.16. The van der Waals surface area contributed by atoms with Crippen LogP contribution in [0.15, 0.2) is 4.99 Å². The highest BCUT2D eigenvalue weighted by atomic mass is 127. The summed E-state index contributed by atoms with van der Waals surface area (Å²) in [5, 5.41) is 7.81. The average molecular weight is 496 g/mol. The average Bonchev–Trinajstić information content (AvgIpc) is 2.90. The van der Waals surface area contributed by atoms with Crippen molar-refractivity contribution in [2.24, 2.45) is 4.99 Å². The fraction of sp³-hybridized carbons (Fsp3) is 0.722. The molecule has 0 saturated heterocycles. The minimum atomic E-state index is -0.0872. The van der Waals surface area contributed by atoms with Gasteiger partial charge in [0.05, 0.1) is 17.3 Å². The van der Waals surface area contributed by atoms with E-state index in [-0.39, 0.29) is 29.9 Å². The molecule has 0 bridgehead atoms. The summed E-state index contributed by atoms with van der Waals surface area (Å²) in [5.74, 6) is 0.743. The zero-order valence-corrected chi connectivity index (χ0v) is 19.5. The molecule has 0 aliphatic rings. The SMILES string of the molecule is CCOC(=O)CCCCCCNC(=NC)NCCc1nc(C)c(C)s1.I. The van der Waals surface area contributed by atoms with Crippen molar-refractivity contribution < 1.29 is 9.53 Å². The molecule has 0 aliphatic heterocycles. The second-order valence-corrected chi connectivity index (χ2v) is 7.18. The smallest absolute Gasteiger partial charge is 0.305 e. The largest absolute Gasteiger partial charge is 0.466 e. The van der Waals surface area contributed by atoms with Gasteiger partial charge in [-0.25, -0.2) is 4.98 Å². The number of guanidine groups is 1. The molecule has 0 aliphatic carbocycles. The zero-order chi connectivity index (χ0) is 18.5. The third-order valence-electron chi connectivity index (χ3n) is 3.83. The van der Waals surface area contributed by atoms with E-state index < -0.39 is 0 Å². The summed E-state index contributed by atoms with van der Waals surface area (Å²) in [6.45, 7) is 8.17. The maximum absolute atomic E-state index is 11.2. The lowest BCUT2D eigenvalue weighted by Crippen LogP contribution is -2.38. The summed E-state index contributed by atoms with van der Waals surface area (Å²) in [5.41, 5.74) is 1.13. The molecule has 2 N–H and O–H groups in total. The van der Waals surface area contributed by atoms with Crippen LogP contribution in [0.3, 0.4) is 0 Å². The molecule has 0 aromatic carbocycles. The van der Waals surface area contributed by atoms with Crippen molar-refractivity contribution in [3.05, 3.63) is 15.6 Å². The van der Waals surface area contributed by atoms with E-state index in [1.807, 2.05) is 6.92 Å². The molecule has 0 atom stereocenters. The number of unbranched alkanes of at least 4 members (excludes halogenated alkanes) is 3. The lowest BCUT2D eigenvalue weighted by molar-refractivity contribution is -0.143. The lowest BCUT2D eigenvalue weighted by atomic mass is 10.1. The number of nitrogens with zero attached hydrogens (tertiary/aromatic N) is 2. The van der Waals surface area contributed by atoms with Crippen molar-refractivity contribution in [1.82, 2.24) is 15.6 Å². The number of aliphatic imine (C=N–C) groups is 1. The van der Waals surface area contributed by atoms with Crippen molar-refractivity contribution in [2.45, 2.75) is 59.3 Å². The molecule has 0 spiro atoms. The van der Waals surface area contributed by atoms with Crippen LogP contribution in [-0.4, -0.2) is 43.7 Å². The fourth-order valence-electron chi connectivity index (χ4n) is 2.34. The van der Waals surface area contributed by atoms with Gasteiger partial charge in [0.25, 0.3) is 0 Å². The van der Waals surface area contributed by atoms with Crippen LogP contribution in [0.5, 0.6) is 0 Å². The Hall–Kier alpha value is -0.900. The fourth-order valence-corrected chi connectivity index (χ4v) is 3.28. The second kappa shape index (κ2) is 15.2. The number of carbonyl (C=O) groups is 1. The van der Waals surface area contributed by atoms with E-state index in [0.29, 0.717) is 13.0 Å². The van der Waals surface area contributed by atoms with E-state index in [9.17, 15) is 4.79 Å². The van der Waals surface area contributed by atoms with Gasteiger partial charge in [-0.1, -0.05) is 12.8 Å². The highest BCUT2D eigenvalue weighted by molar-refractivity contribution is 14.0. The third-order valence-corrected chi connectivity index (χ3v) is 4.97. The summed E-state index contributed by atoms with van der Waals surface area (Å²) in [4.78, 5) is 21.3. The van der Waals surface area contributed by atoms with Crippen molar-refractivity contribution in [3.8, 4) is 0 Å². The van der Waals surface area contributed by atoms with Gasteiger partial charge in [-0.15, -0.1) is 35.3 Å². The maximum atomic E-state index is 11.2. The lowest BCUT2D eigenvalue weighted by Gasteiger charge is -2.11. The number of carbonyl (C=O) groups excluding carboxylic acids is 1. The van der Waals surface area contributed by atoms with Gasteiger partial charge >= 0.3 is 5.97 Å². The van der Waals surface area contributed by atoms with Crippen LogP contribution in [0.4, 0.5) is 0 Å². The van der Waals surface area contributed by atoms with E-state index in [1.54, 1.807) is 18.4 Å². The van der Waals surface area contributed by atoms with Gasteiger partial charge in [0.1, 0.15) is 0 Å². The van der Waals surface area contributed by atoms with Crippen LogP contribution >= 0.6 is 35.3 Å². The third kappa shape index (κ3) is 10.9. The van der Waals surface area contributed by atoms with Gasteiger partial charge < -0.3 is 15.4 Å². The van der Waals surface area contributed by atoms with E-state index in [4.69, 9.17) is 4.74 Å². The number of ether oxygens (including phenoxy) is 1. The van der Waals surface area contributed by atoms with Gasteiger partial charge in [-0.05, 0) is 33.6 Å².